The number of phenolic OH excluding ortho intramolecular Hbond substituents is 1. The number of nitrogens with one attached hydrogen (secondary N) is 1. The normalized spacial score (nSPS) is 28.4. The van der Waals surface area contributed by atoms with E-state index in [9.17, 15) is 39.9 Å². The van der Waals surface area contributed by atoms with E-state index in [1.54, 1.807) is 19.2 Å². The number of hydrogen-bond donors (Lipinski definition) is 7. The lowest BCUT2D eigenvalue weighted by Crippen LogP contribution is -2.70. The van der Waals surface area contributed by atoms with E-state index in [-0.39, 0.29) is 23.4 Å². The zero-order chi connectivity index (χ0) is 28.8. The summed E-state index contributed by atoms with van der Waals surface area (Å²) in [6.07, 6.45) is -1.64. The average Bonchev–Trinajstić information content (AvgIpc) is 2.87. The van der Waals surface area contributed by atoms with Crippen molar-refractivity contribution >= 4 is 28.9 Å². The number of Topliss-reactive ketones (excluding diaryl/α,β-unsaturated/α-hetero) is 2. The van der Waals surface area contributed by atoms with Gasteiger partial charge in [0.15, 0.2) is 11.4 Å². The maximum absolute atomic E-state index is 13.8. The van der Waals surface area contributed by atoms with E-state index in [4.69, 9.17) is 15.2 Å². The van der Waals surface area contributed by atoms with Gasteiger partial charge in [-0.15, -0.1) is 0 Å². The number of likely N-dealkylation sites (N-methyl/N-ethyl adjacent to an activating group) is 1. The minimum absolute atomic E-state index is 0.0241. The number of methoxy groups -OCH3 is 1. The molecular formula is C26H33N3O10. The summed E-state index contributed by atoms with van der Waals surface area (Å²) in [5.41, 5.74) is 1.55. The predicted molar refractivity (Wildman–Crippen MR) is 137 cm³/mol. The lowest BCUT2D eigenvalue weighted by molar-refractivity contribution is -0.168. The number of carbonyl (C=O) groups excluding carboxylic acids is 3. The molecule has 0 spiro atoms. The van der Waals surface area contributed by atoms with Gasteiger partial charge in [0.1, 0.15) is 22.8 Å². The summed E-state index contributed by atoms with van der Waals surface area (Å²) in [4.78, 5) is 40.4. The van der Waals surface area contributed by atoms with Crippen molar-refractivity contribution in [3.63, 3.8) is 0 Å². The van der Waals surface area contributed by atoms with Crippen LogP contribution in [-0.4, -0.2) is 113 Å². The highest BCUT2D eigenvalue weighted by molar-refractivity contribution is 6.24. The van der Waals surface area contributed by atoms with Crippen LogP contribution in [0.3, 0.4) is 0 Å². The van der Waals surface area contributed by atoms with Crippen LogP contribution in [0, 0.1) is 11.8 Å². The number of ketones is 2. The molecule has 13 nitrogen and oxygen atoms in total. The molecule has 0 heterocycles. The molecule has 1 aromatic rings. The van der Waals surface area contributed by atoms with Gasteiger partial charge in [-0.3, -0.25) is 19.3 Å². The number of hydrogen-bond acceptors (Lipinski definition) is 12. The number of nitrogens with two attached hydrogens (primary N) is 1. The molecule has 212 valence electrons. The zero-order valence-corrected chi connectivity index (χ0v) is 21.8. The Morgan fingerprint density at radius 3 is 2.49 bits per heavy atom. The molecule has 1 aromatic carbocycles. The van der Waals surface area contributed by atoms with Gasteiger partial charge in [0, 0.05) is 25.1 Å². The van der Waals surface area contributed by atoms with E-state index in [1.807, 2.05) is 0 Å². The van der Waals surface area contributed by atoms with E-state index >= 15 is 0 Å². The number of primary amides is 1. The van der Waals surface area contributed by atoms with Crippen molar-refractivity contribution in [1.29, 1.82) is 0 Å². The summed E-state index contributed by atoms with van der Waals surface area (Å²) >= 11 is 0. The molecule has 13 heteroatoms. The molecule has 0 bridgehead atoms. The van der Waals surface area contributed by atoms with Crippen LogP contribution < -0.4 is 11.1 Å². The Bertz CT molecular complexity index is 1270. The second-order valence-electron chi connectivity index (χ2n) is 10.1. The van der Waals surface area contributed by atoms with Gasteiger partial charge in [-0.25, -0.2) is 0 Å². The van der Waals surface area contributed by atoms with Crippen LogP contribution in [0.5, 0.6) is 5.75 Å². The van der Waals surface area contributed by atoms with Crippen LogP contribution in [0.25, 0.3) is 5.76 Å². The third-order valence-electron chi connectivity index (χ3n) is 7.67. The SMILES string of the molecule is COCCOCCNc1ccc2c(c1O)C(O)=C1C(=O)[C@@]3(O)C(O)=C(C(N)=O)C(=O)[C@H](N(C)C)[C@H]3[C@H](O)[C@H]1C2. The summed E-state index contributed by atoms with van der Waals surface area (Å²) < 4.78 is 10.3. The van der Waals surface area contributed by atoms with E-state index in [1.165, 1.54) is 19.0 Å². The van der Waals surface area contributed by atoms with Gasteiger partial charge in [-0.2, -0.15) is 0 Å². The van der Waals surface area contributed by atoms with Crippen molar-refractivity contribution in [2.45, 2.75) is 24.2 Å². The van der Waals surface area contributed by atoms with E-state index in [0.29, 0.717) is 31.9 Å². The lowest BCUT2D eigenvalue weighted by Gasteiger charge is -2.52. The second-order valence-corrected chi connectivity index (χ2v) is 10.1. The van der Waals surface area contributed by atoms with Crippen LogP contribution in [0.15, 0.2) is 29.0 Å². The van der Waals surface area contributed by atoms with Crippen LogP contribution in [0.2, 0.25) is 0 Å². The Labute approximate surface area is 224 Å². The summed E-state index contributed by atoms with van der Waals surface area (Å²) in [6.45, 7) is 1.42. The highest BCUT2D eigenvalue weighted by Gasteiger charge is 2.67. The number of benzene rings is 1. The smallest absolute Gasteiger partial charge is 0.255 e. The first-order chi connectivity index (χ1) is 18.4. The quantitative estimate of drug-likeness (QED) is 0.113. The topological polar surface area (TPSA) is 212 Å². The molecule has 39 heavy (non-hydrogen) atoms. The molecule has 0 aromatic heterocycles. The first-order valence-electron chi connectivity index (χ1n) is 12.4. The maximum Gasteiger partial charge on any atom is 0.255 e. The van der Waals surface area contributed by atoms with Crippen molar-refractivity contribution in [1.82, 2.24) is 4.90 Å². The minimum atomic E-state index is -2.94. The van der Waals surface area contributed by atoms with Crippen molar-refractivity contribution < 1.29 is 49.4 Å². The fraction of sp³-hybridized carbons (Fsp3) is 0.500. The Hall–Kier alpha value is -3.49. The molecule has 0 aliphatic heterocycles. The van der Waals surface area contributed by atoms with Gasteiger partial charge in [0.05, 0.1) is 49.1 Å². The van der Waals surface area contributed by atoms with Gasteiger partial charge < -0.3 is 46.1 Å². The molecule has 0 unspecified atom stereocenters. The number of aliphatic hydroxyl groups excluding tert-OH is 3. The number of amides is 1. The molecule has 1 fully saturated rings. The molecule has 3 aliphatic carbocycles. The Kier molecular flexibility index (Phi) is 7.74. The number of phenols is 1. The van der Waals surface area contributed by atoms with Gasteiger partial charge >= 0.3 is 0 Å². The highest BCUT2D eigenvalue weighted by Crippen LogP contribution is 2.53. The average molecular weight is 548 g/mol. The summed E-state index contributed by atoms with van der Waals surface area (Å²) in [7, 11) is 4.46. The molecule has 1 saturated carbocycles. The Morgan fingerprint density at radius 1 is 1.18 bits per heavy atom. The first kappa shape index (κ1) is 28.5. The molecule has 8 N–H and O–H groups in total. The van der Waals surface area contributed by atoms with Crippen LogP contribution in [0.1, 0.15) is 11.1 Å². The van der Waals surface area contributed by atoms with E-state index in [0.717, 1.165) is 0 Å². The number of aliphatic hydroxyl groups is 4. The number of ether oxygens (including phenoxy) is 2. The van der Waals surface area contributed by atoms with Gasteiger partial charge in [0.25, 0.3) is 5.91 Å². The molecule has 1 amide bonds. The van der Waals surface area contributed by atoms with Gasteiger partial charge in [-0.05, 0) is 32.1 Å². The number of nitrogens with zero attached hydrogens (tertiary/aromatic N) is 1. The molecule has 0 saturated heterocycles. The third kappa shape index (κ3) is 4.36. The predicted octanol–water partition coefficient (Wildman–Crippen LogP) is -0.990. The second kappa shape index (κ2) is 10.6. The summed E-state index contributed by atoms with van der Waals surface area (Å²) in [6, 6.07) is 1.81. The van der Waals surface area contributed by atoms with Gasteiger partial charge in [-0.1, -0.05) is 6.07 Å². The standard InChI is InChI=1S/C26H33N3O10/c1-29(2)18-17-19(30)12-10-11-4-5-13(28-6-7-39-9-8-38-3)20(31)14(11)21(32)15(12)23(34)26(17,37)24(35)16(22(18)33)25(27)36/h4-5,12,17-19,28,30-32,35,37H,6-10H2,1-3H3,(H2,27,36)/t12-,17-,18+,19+,26+/m0/s1. The van der Waals surface area contributed by atoms with Crippen LogP contribution >= 0.6 is 0 Å². The van der Waals surface area contributed by atoms with Crippen molar-refractivity contribution in [3.8, 4) is 5.75 Å². The molecule has 0 radical (unpaired) electrons. The number of rotatable bonds is 9. The van der Waals surface area contributed by atoms with E-state index in [2.05, 4.69) is 5.32 Å². The first-order valence-corrected chi connectivity index (χ1v) is 12.4. The fourth-order valence-corrected chi connectivity index (χ4v) is 5.88. The zero-order valence-electron chi connectivity index (χ0n) is 21.8. The highest BCUT2D eigenvalue weighted by atomic mass is 16.5. The number of carbonyl (C=O) groups is 3. The third-order valence-corrected chi connectivity index (χ3v) is 7.67. The lowest BCUT2D eigenvalue weighted by atomic mass is 9.56. The maximum atomic E-state index is 13.8. The number of anilines is 1. The summed E-state index contributed by atoms with van der Waals surface area (Å²) in [5.74, 6) is -8.50. The van der Waals surface area contributed by atoms with Crippen LogP contribution in [-0.2, 0) is 30.3 Å². The van der Waals surface area contributed by atoms with Crippen molar-refractivity contribution in [2.24, 2.45) is 17.6 Å². The van der Waals surface area contributed by atoms with Crippen molar-refractivity contribution in [2.75, 3.05) is 52.9 Å². The van der Waals surface area contributed by atoms with Crippen LogP contribution in [0.4, 0.5) is 5.69 Å². The number of aromatic hydroxyl groups is 1. The minimum Gasteiger partial charge on any atom is -0.508 e. The summed E-state index contributed by atoms with van der Waals surface area (Å²) in [5, 5.41) is 59.2. The molecule has 5 atom stereocenters. The van der Waals surface area contributed by atoms with E-state index < -0.39 is 69.7 Å². The molecule has 4 rings (SSSR count). The number of fused-ring (bicyclic) bond motifs is 3. The van der Waals surface area contributed by atoms with Gasteiger partial charge in [0.2, 0.25) is 5.78 Å². The fourth-order valence-electron chi connectivity index (χ4n) is 5.88. The Morgan fingerprint density at radius 2 is 1.87 bits per heavy atom. The monoisotopic (exact) mass is 547 g/mol. The van der Waals surface area contributed by atoms with Crippen molar-refractivity contribution in [3.05, 3.63) is 40.2 Å². The molecular weight excluding hydrogens is 514 g/mol. The molecule has 3 aliphatic rings. The Balaban J connectivity index is 1.78. The largest absolute Gasteiger partial charge is 0.508 e.